The van der Waals surface area contributed by atoms with Gasteiger partial charge in [0.15, 0.2) is 0 Å². The summed E-state index contributed by atoms with van der Waals surface area (Å²) in [6, 6.07) is 8.30. The van der Waals surface area contributed by atoms with E-state index in [0.717, 1.165) is 18.7 Å². The molecule has 5 aliphatic rings. The van der Waals surface area contributed by atoms with Crippen molar-refractivity contribution in [2.75, 3.05) is 59.1 Å². The van der Waals surface area contributed by atoms with E-state index in [1.807, 2.05) is 68.5 Å². The van der Waals surface area contributed by atoms with Crippen LogP contribution in [0, 0.1) is 11.8 Å². The highest BCUT2D eigenvalue weighted by molar-refractivity contribution is 6.00. The minimum Gasteiger partial charge on any atom is -0.394 e. The van der Waals surface area contributed by atoms with Crippen molar-refractivity contribution in [3.8, 4) is 0 Å². The van der Waals surface area contributed by atoms with Gasteiger partial charge in [0.25, 0.3) is 0 Å². The summed E-state index contributed by atoms with van der Waals surface area (Å²) in [6.45, 7) is 9.02. The molecule has 5 aliphatic heterocycles. The number of aliphatic hydroxyl groups excluding tert-OH is 1. The molecule has 232 valence electrons. The number of rotatable bonds is 9. The number of likely N-dealkylation sites (tertiary alicyclic amines) is 1. The minimum atomic E-state index is -1.32. The maximum absolute atomic E-state index is 14.6. The molecule has 0 aromatic heterocycles. The van der Waals surface area contributed by atoms with Gasteiger partial charge in [0, 0.05) is 45.8 Å². The third kappa shape index (κ3) is 5.02. The molecule has 43 heavy (non-hydrogen) atoms. The topological polar surface area (TPSA) is 103 Å². The van der Waals surface area contributed by atoms with Gasteiger partial charge in [-0.1, -0.05) is 68.5 Å². The van der Waals surface area contributed by atoms with Crippen LogP contribution in [0.25, 0.3) is 0 Å². The fraction of sp³-hybridized carbons (Fsp3) is 0.606. The van der Waals surface area contributed by atoms with E-state index in [-0.39, 0.29) is 24.3 Å². The van der Waals surface area contributed by atoms with Crippen LogP contribution < -0.4 is 0 Å². The normalized spacial score (nSPS) is 33.3. The van der Waals surface area contributed by atoms with Crippen molar-refractivity contribution in [3.63, 3.8) is 0 Å². The lowest BCUT2D eigenvalue weighted by Gasteiger charge is -2.41. The predicted octanol–water partition coefficient (Wildman–Crippen LogP) is 1.45. The highest BCUT2D eigenvalue weighted by Gasteiger charge is 2.75. The zero-order chi connectivity index (χ0) is 30.2. The average molecular weight is 593 g/mol. The Labute approximate surface area is 253 Å². The molecule has 10 nitrogen and oxygen atoms in total. The third-order valence-electron chi connectivity index (χ3n) is 10.1. The quantitative estimate of drug-likeness (QED) is 0.433. The van der Waals surface area contributed by atoms with E-state index < -0.39 is 35.1 Å². The molecule has 1 N–H and O–H groups in total. The van der Waals surface area contributed by atoms with E-state index in [2.05, 4.69) is 4.90 Å². The van der Waals surface area contributed by atoms with Gasteiger partial charge in [0.05, 0.1) is 43.3 Å². The molecule has 1 aromatic carbocycles. The van der Waals surface area contributed by atoms with Crippen molar-refractivity contribution in [1.29, 1.82) is 0 Å². The molecule has 1 aromatic rings. The van der Waals surface area contributed by atoms with E-state index in [1.165, 1.54) is 0 Å². The molecular formula is C33H44N4O6. The van der Waals surface area contributed by atoms with Crippen LogP contribution in [0.15, 0.2) is 54.6 Å². The standard InChI is InChI=1S/C33H44N4O6/c1-3-25(23-38)37-28-31(41)35(17-16-34-18-20-42-21-19-34)14-9-13-33(28)27(30(37)40)26-29(39)36(22-24-10-6-5-7-11-24)15-8-12-32(26,4-2)43-33/h5-13,25-28,38H,3-4,14-23H2,1-2H3/t25-,26+,27-,28?,32-,33-/m0/s1. The summed E-state index contributed by atoms with van der Waals surface area (Å²) in [5, 5.41) is 10.4. The van der Waals surface area contributed by atoms with E-state index in [1.54, 1.807) is 14.7 Å². The number of nitrogens with zero attached hydrogens (tertiary/aromatic N) is 4. The fourth-order valence-electron chi connectivity index (χ4n) is 7.84. The molecule has 3 amide bonds. The van der Waals surface area contributed by atoms with Gasteiger partial charge in [0.1, 0.15) is 11.6 Å². The van der Waals surface area contributed by atoms with Crippen LogP contribution >= 0.6 is 0 Å². The number of aliphatic hydroxyl groups is 1. The molecule has 6 atom stereocenters. The van der Waals surface area contributed by atoms with Gasteiger partial charge in [-0.2, -0.15) is 0 Å². The second-order valence-corrected chi connectivity index (χ2v) is 12.4. The van der Waals surface area contributed by atoms with E-state index >= 15 is 0 Å². The van der Waals surface area contributed by atoms with Crippen molar-refractivity contribution in [2.45, 2.75) is 56.5 Å². The molecule has 3 saturated heterocycles. The van der Waals surface area contributed by atoms with Crippen molar-refractivity contribution in [2.24, 2.45) is 11.8 Å². The van der Waals surface area contributed by atoms with Crippen molar-refractivity contribution in [1.82, 2.24) is 19.6 Å². The van der Waals surface area contributed by atoms with Crippen molar-refractivity contribution >= 4 is 17.7 Å². The summed E-state index contributed by atoms with van der Waals surface area (Å²) >= 11 is 0. The highest BCUT2D eigenvalue weighted by Crippen LogP contribution is 2.59. The Bertz CT molecular complexity index is 1260. The van der Waals surface area contributed by atoms with Crippen LogP contribution in [0.4, 0.5) is 0 Å². The number of morpholine rings is 1. The molecule has 0 saturated carbocycles. The third-order valence-corrected chi connectivity index (χ3v) is 10.1. The Balaban J connectivity index is 1.38. The number of carbonyl (C=O) groups excluding carboxylic acids is 3. The van der Waals surface area contributed by atoms with Crippen molar-refractivity contribution in [3.05, 3.63) is 60.2 Å². The second kappa shape index (κ2) is 12.1. The lowest BCUT2D eigenvalue weighted by Crippen LogP contribution is -2.59. The van der Waals surface area contributed by atoms with Gasteiger partial charge in [-0.3, -0.25) is 19.3 Å². The number of amides is 3. The lowest BCUT2D eigenvalue weighted by atomic mass is 9.73. The van der Waals surface area contributed by atoms with Crippen molar-refractivity contribution < 1.29 is 29.0 Å². The van der Waals surface area contributed by atoms with Crippen LogP contribution in [0.2, 0.25) is 0 Å². The van der Waals surface area contributed by atoms with Gasteiger partial charge < -0.3 is 29.3 Å². The first-order chi connectivity index (χ1) is 20.9. The number of carbonyl (C=O) groups is 3. The number of hydrogen-bond donors (Lipinski definition) is 1. The van der Waals surface area contributed by atoms with Gasteiger partial charge >= 0.3 is 0 Å². The zero-order valence-electron chi connectivity index (χ0n) is 25.3. The van der Waals surface area contributed by atoms with Crippen LogP contribution in [-0.2, 0) is 30.4 Å². The summed E-state index contributed by atoms with van der Waals surface area (Å²) in [6.07, 6.45) is 8.72. The number of benzene rings is 1. The summed E-state index contributed by atoms with van der Waals surface area (Å²) in [4.78, 5) is 51.2. The summed E-state index contributed by atoms with van der Waals surface area (Å²) in [5.74, 6) is -2.30. The minimum absolute atomic E-state index is 0.141. The molecule has 5 heterocycles. The molecule has 6 rings (SSSR count). The molecule has 1 spiro atoms. The van der Waals surface area contributed by atoms with Gasteiger partial charge in [-0.15, -0.1) is 0 Å². The molecule has 10 heteroatoms. The maximum atomic E-state index is 14.6. The summed E-state index contributed by atoms with van der Waals surface area (Å²) < 4.78 is 12.5. The average Bonchev–Trinajstić information content (AvgIpc) is 3.33. The number of fused-ring (bicyclic) bond motifs is 2. The highest BCUT2D eigenvalue weighted by atomic mass is 16.5. The van der Waals surface area contributed by atoms with E-state index in [4.69, 9.17) is 9.47 Å². The first kappa shape index (κ1) is 30.0. The first-order valence-corrected chi connectivity index (χ1v) is 15.8. The molecule has 3 fully saturated rings. The van der Waals surface area contributed by atoms with Gasteiger partial charge in [-0.05, 0) is 18.4 Å². The molecule has 0 aliphatic carbocycles. The predicted molar refractivity (Wildman–Crippen MR) is 160 cm³/mol. The Morgan fingerprint density at radius 1 is 0.907 bits per heavy atom. The summed E-state index contributed by atoms with van der Waals surface area (Å²) in [7, 11) is 0. The summed E-state index contributed by atoms with van der Waals surface area (Å²) in [5.41, 5.74) is -1.34. The second-order valence-electron chi connectivity index (χ2n) is 12.4. The van der Waals surface area contributed by atoms with E-state index in [9.17, 15) is 19.5 Å². The number of hydrogen-bond acceptors (Lipinski definition) is 7. The first-order valence-electron chi connectivity index (χ1n) is 15.8. The largest absolute Gasteiger partial charge is 0.394 e. The Kier molecular flexibility index (Phi) is 8.48. The van der Waals surface area contributed by atoms with Crippen LogP contribution in [0.1, 0.15) is 32.3 Å². The Hall–Kier alpha value is -3.05. The maximum Gasteiger partial charge on any atom is 0.249 e. The molecule has 1 unspecified atom stereocenters. The Morgan fingerprint density at radius 2 is 1.63 bits per heavy atom. The smallest absolute Gasteiger partial charge is 0.249 e. The molecule has 0 bridgehead atoms. The van der Waals surface area contributed by atoms with Crippen LogP contribution in [0.5, 0.6) is 0 Å². The number of ether oxygens (including phenoxy) is 2. The van der Waals surface area contributed by atoms with Crippen LogP contribution in [-0.4, -0.2) is 125 Å². The van der Waals surface area contributed by atoms with Gasteiger partial charge in [-0.25, -0.2) is 0 Å². The SMILES string of the molecule is CC[C@@H](CO)N1C(=O)[C@@H]2[C@@H]3C(=O)N(Cc4ccccc4)CC=C[C@]3(CC)O[C@@]23C=CCN(CCN2CCOCC2)C(=O)C13. The van der Waals surface area contributed by atoms with Crippen LogP contribution in [0.3, 0.4) is 0 Å². The zero-order valence-corrected chi connectivity index (χ0v) is 25.3. The molecule has 0 radical (unpaired) electrons. The monoisotopic (exact) mass is 592 g/mol. The fourth-order valence-corrected chi connectivity index (χ4v) is 7.84. The van der Waals surface area contributed by atoms with E-state index in [0.29, 0.717) is 58.8 Å². The lowest BCUT2D eigenvalue weighted by molar-refractivity contribution is -0.157. The molecular weight excluding hydrogens is 548 g/mol. The Morgan fingerprint density at radius 3 is 2.33 bits per heavy atom. The van der Waals surface area contributed by atoms with Gasteiger partial charge in [0.2, 0.25) is 17.7 Å².